The Balaban J connectivity index is 1.60. The Morgan fingerprint density at radius 3 is 2.26 bits per heavy atom. The molecule has 2 aromatic carbocycles. The summed E-state index contributed by atoms with van der Waals surface area (Å²) in [4.78, 5) is 40.1. The van der Waals surface area contributed by atoms with Crippen LogP contribution in [0.1, 0.15) is 46.7 Å². The van der Waals surface area contributed by atoms with E-state index in [1.54, 1.807) is 37.3 Å². The molecule has 35 heavy (non-hydrogen) atoms. The minimum absolute atomic E-state index is 0.0546. The van der Waals surface area contributed by atoms with Crippen LogP contribution in [0.15, 0.2) is 54.7 Å². The van der Waals surface area contributed by atoms with E-state index in [4.69, 9.17) is 14.2 Å². The van der Waals surface area contributed by atoms with Crippen LogP contribution >= 0.6 is 0 Å². The molecule has 1 heterocycles. The zero-order valence-electron chi connectivity index (χ0n) is 20.0. The van der Waals surface area contributed by atoms with Crippen LogP contribution < -0.4 is 24.8 Å². The quantitative estimate of drug-likeness (QED) is 0.394. The molecule has 2 amide bonds. The summed E-state index contributed by atoms with van der Waals surface area (Å²) >= 11 is 0. The molecule has 9 nitrogen and oxygen atoms in total. The number of carbonyl (C=O) groups is 3. The fourth-order valence-corrected chi connectivity index (χ4v) is 3.24. The molecule has 0 radical (unpaired) electrons. The number of urea groups is 1. The number of hydrogen-bond donors (Lipinski definition) is 2. The van der Waals surface area contributed by atoms with E-state index in [2.05, 4.69) is 15.6 Å². The van der Waals surface area contributed by atoms with Gasteiger partial charge in [-0.3, -0.25) is 14.6 Å². The zero-order chi connectivity index (χ0) is 25.4. The number of nitrogens with one attached hydrogen (secondary N) is 2. The molecule has 1 aromatic heterocycles. The Hall–Kier alpha value is -4.40. The van der Waals surface area contributed by atoms with Gasteiger partial charge in [-0.1, -0.05) is 19.1 Å². The van der Waals surface area contributed by atoms with E-state index in [1.165, 1.54) is 33.4 Å². The second kappa shape index (κ2) is 11.6. The lowest BCUT2D eigenvalue weighted by Gasteiger charge is -2.15. The first-order chi connectivity index (χ1) is 16.8. The lowest BCUT2D eigenvalue weighted by molar-refractivity contribution is 0.0981. The van der Waals surface area contributed by atoms with Gasteiger partial charge in [0, 0.05) is 31.3 Å². The van der Waals surface area contributed by atoms with Gasteiger partial charge in [-0.2, -0.15) is 0 Å². The van der Waals surface area contributed by atoms with Gasteiger partial charge in [-0.15, -0.1) is 0 Å². The van der Waals surface area contributed by atoms with Gasteiger partial charge in [0.1, 0.15) is 28.7 Å². The standard InChI is InChI=1S/C26H27N3O6/c1-5-23(31)21-12-19(10-11-27-21)35-18-8-6-17(7-9-18)15-28-26(32)29-22-14-24(33-3)20(16(2)30)13-25(22)34-4/h6-14H,5,15H2,1-4H3,(H2,28,29,32). The van der Waals surface area contributed by atoms with Crippen molar-refractivity contribution in [3.63, 3.8) is 0 Å². The zero-order valence-corrected chi connectivity index (χ0v) is 20.0. The molecule has 0 atom stereocenters. The molecule has 0 aliphatic heterocycles. The second-order valence-electron chi connectivity index (χ2n) is 7.52. The van der Waals surface area contributed by atoms with Gasteiger partial charge in [0.25, 0.3) is 0 Å². The highest BCUT2D eigenvalue weighted by molar-refractivity contribution is 5.99. The highest BCUT2D eigenvalue weighted by Crippen LogP contribution is 2.33. The van der Waals surface area contributed by atoms with Gasteiger partial charge in [0.15, 0.2) is 11.6 Å². The molecule has 0 unspecified atom stereocenters. The third kappa shape index (κ3) is 6.57. The number of ether oxygens (including phenoxy) is 3. The Labute approximate surface area is 203 Å². The average molecular weight is 478 g/mol. The second-order valence-corrected chi connectivity index (χ2v) is 7.52. The number of Topliss-reactive ketones (excluding diaryl/α,β-unsaturated/α-hetero) is 2. The summed E-state index contributed by atoms with van der Waals surface area (Å²) in [5.74, 6) is 1.55. The molecule has 0 spiro atoms. The topological polar surface area (TPSA) is 116 Å². The average Bonchev–Trinajstić information content (AvgIpc) is 2.87. The Morgan fingerprint density at radius 2 is 1.63 bits per heavy atom. The van der Waals surface area contributed by atoms with Crippen molar-refractivity contribution in [3.8, 4) is 23.0 Å². The van der Waals surface area contributed by atoms with E-state index in [9.17, 15) is 14.4 Å². The van der Waals surface area contributed by atoms with E-state index in [0.717, 1.165) is 5.56 Å². The van der Waals surface area contributed by atoms with Crippen LogP contribution in [0.2, 0.25) is 0 Å². The minimum atomic E-state index is -0.453. The van der Waals surface area contributed by atoms with Gasteiger partial charge in [0.05, 0.1) is 25.5 Å². The number of rotatable bonds is 10. The van der Waals surface area contributed by atoms with Crippen molar-refractivity contribution < 1.29 is 28.6 Å². The predicted octanol–water partition coefficient (Wildman–Crippen LogP) is 5.01. The maximum Gasteiger partial charge on any atom is 0.319 e. The number of nitrogens with zero attached hydrogens (tertiary/aromatic N) is 1. The highest BCUT2D eigenvalue weighted by Gasteiger charge is 2.16. The first kappa shape index (κ1) is 25.2. The van der Waals surface area contributed by atoms with Gasteiger partial charge < -0.3 is 24.8 Å². The van der Waals surface area contributed by atoms with Crippen molar-refractivity contribution in [3.05, 3.63) is 71.5 Å². The van der Waals surface area contributed by atoms with E-state index in [-0.39, 0.29) is 18.1 Å². The molecular weight excluding hydrogens is 450 g/mol. The number of ketones is 2. The van der Waals surface area contributed by atoms with Crippen molar-refractivity contribution in [1.29, 1.82) is 0 Å². The Kier molecular flexibility index (Phi) is 8.39. The third-order valence-corrected chi connectivity index (χ3v) is 5.10. The van der Waals surface area contributed by atoms with E-state index in [0.29, 0.717) is 46.4 Å². The van der Waals surface area contributed by atoms with Gasteiger partial charge in [0.2, 0.25) is 0 Å². The molecule has 9 heteroatoms. The van der Waals surface area contributed by atoms with Crippen LogP contribution in [0.4, 0.5) is 10.5 Å². The number of amides is 2. The van der Waals surface area contributed by atoms with Crippen LogP contribution in [0.5, 0.6) is 23.0 Å². The first-order valence-corrected chi connectivity index (χ1v) is 10.9. The van der Waals surface area contributed by atoms with Crippen molar-refractivity contribution in [1.82, 2.24) is 10.3 Å². The normalized spacial score (nSPS) is 10.3. The van der Waals surface area contributed by atoms with Crippen molar-refractivity contribution in [2.24, 2.45) is 0 Å². The maximum absolute atomic E-state index is 12.4. The lowest BCUT2D eigenvalue weighted by Crippen LogP contribution is -2.28. The van der Waals surface area contributed by atoms with Crippen LogP contribution in [0.25, 0.3) is 0 Å². The highest BCUT2D eigenvalue weighted by atomic mass is 16.5. The first-order valence-electron chi connectivity index (χ1n) is 10.9. The molecule has 0 aliphatic carbocycles. The maximum atomic E-state index is 12.4. The van der Waals surface area contributed by atoms with E-state index in [1.807, 2.05) is 12.1 Å². The number of hydrogen-bond acceptors (Lipinski definition) is 7. The van der Waals surface area contributed by atoms with Crippen LogP contribution in [-0.4, -0.2) is 36.8 Å². The molecule has 0 saturated heterocycles. The monoisotopic (exact) mass is 477 g/mol. The summed E-state index contributed by atoms with van der Waals surface area (Å²) in [5, 5.41) is 5.48. The molecular formula is C26H27N3O6. The summed E-state index contributed by atoms with van der Waals surface area (Å²) in [6, 6.07) is 13.1. The summed E-state index contributed by atoms with van der Waals surface area (Å²) in [6.07, 6.45) is 1.91. The minimum Gasteiger partial charge on any atom is -0.496 e. The molecule has 182 valence electrons. The number of carbonyl (C=O) groups excluding carboxylic acids is 3. The SMILES string of the molecule is CCC(=O)c1cc(Oc2ccc(CNC(=O)Nc3cc(OC)c(C(C)=O)cc3OC)cc2)ccn1. The van der Waals surface area contributed by atoms with Crippen molar-refractivity contribution in [2.45, 2.75) is 26.8 Å². The number of anilines is 1. The summed E-state index contributed by atoms with van der Waals surface area (Å²) in [7, 11) is 2.90. The fourth-order valence-electron chi connectivity index (χ4n) is 3.24. The molecule has 2 N–H and O–H groups in total. The molecule has 0 saturated carbocycles. The van der Waals surface area contributed by atoms with E-state index < -0.39 is 6.03 Å². The van der Waals surface area contributed by atoms with E-state index >= 15 is 0 Å². The number of benzene rings is 2. The summed E-state index contributed by atoms with van der Waals surface area (Å²) < 4.78 is 16.4. The van der Waals surface area contributed by atoms with Crippen molar-refractivity contribution >= 4 is 23.3 Å². The fraction of sp³-hybridized carbons (Fsp3) is 0.231. The third-order valence-electron chi connectivity index (χ3n) is 5.10. The molecule has 0 fully saturated rings. The smallest absolute Gasteiger partial charge is 0.319 e. The van der Waals surface area contributed by atoms with Crippen LogP contribution in [0, 0.1) is 0 Å². The van der Waals surface area contributed by atoms with Crippen LogP contribution in [0.3, 0.4) is 0 Å². The lowest BCUT2D eigenvalue weighted by atomic mass is 10.1. The van der Waals surface area contributed by atoms with Crippen molar-refractivity contribution in [2.75, 3.05) is 19.5 Å². The Bertz CT molecular complexity index is 1220. The molecule has 0 aliphatic rings. The largest absolute Gasteiger partial charge is 0.496 e. The van der Waals surface area contributed by atoms with Gasteiger partial charge >= 0.3 is 6.03 Å². The summed E-state index contributed by atoms with van der Waals surface area (Å²) in [5.41, 5.74) is 1.94. The predicted molar refractivity (Wildman–Crippen MR) is 131 cm³/mol. The van der Waals surface area contributed by atoms with Crippen LogP contribution in [-0.2, 0) is 6.54 Å². The molecule has 0 bridgehead atoms. The molecule has 3 aromatic rings. The summed E-state index contributed by atoms with van der Waals surface area (Å²) in [6.45, 7) is 3.47. The van der Waals surface area contributed by atoms with Gasteiger partial charge in [-0.25, -0.2) is 4.79 Å². The number of pyridine rings is 1. The molecule has 3 rings (SSSR count). The number of methoxy groups -OCH3 is 2. The van der Waals surface area contributed by atoms with Gasteiger partial charge in [-0.05, 0) is 36.8 Å². The Morgan fingerprint density at radius 1 is 0.914 bits per heavy atom. The number of aromatic nitrogens is 1.